The third-order valence-corrected chi connectivity index (χ3v) is 4.48. The Kier molecular flexibility index (Phi) is 6.90. The Morgan fingerprint density at radius 3 is 1.89 bits per heavy atom. The highest BCUT2D eigenvalue weighted by molar-refractivity contribution is 5.85. The largest absolute Gasteiger partial charge is 0.350 e. The number of benzene rings is 2. The van der Waals surface area contributed by atoms with Crippen molar-refractivity contribution < 1.29 is 9.59 Å². The van der Waals surface area contributed by atoms with Gasteiger partial charge in [0.1, 0.15) is 0 Å². The molecule has 0 aliphatic rings. The van der Waals surface area contributed by atoms with Crippen LogP contribution in [0.15, 0.2) is 85.2 Å². The van der Waals surface area contributed by atoms with E-state index >= 15 is 0 Å². The molecule has 2 amide bonds. The second-order valence-corrected chi connectivity index (χ2v) is 6.49. The van der Waals surface area contributed by atoms with Crippen LogP contribution in [0, 0.1) is 0 Å². The molecule has 5 nitrogen and oxygen atoms in total. The lowest BCUT2D eigenvalue weighted by atomic mass is 9.88. The first-order valence-electron chi connectivity index (χ1n) is 9.24. The Balaban J connectivity index is 1.54. The molecule has 1 aromatic heterocycles. The Labute approximate surface area is 164 Å². The summed E-state index contributed by atoms with van der Waals surface area (Å²) in [6.45, 7) is 0.369. The van der Waals surface area contributed by atoms with Crippen LogP contribution in [0.2, 0.25) is 0 Å². The summed E-state index contributed by atoms with van der Waals surface area (Å²) in [6, 6.07) is 23.5. The number of carbonyl (C=O) groups excluding carboxylic acids is 2. The summed E-state index contributed by atoms with van der Waals surface area (Å²) < 4.78 is 0. The normalized spacial score (nSPS) is 10.5. The first kappa shape index (κ1) is 19.3. The average Bonchev–Trinajstić information content (AvgIpc) is 2.76. The number of hydrogen-bond acceptors (Lipinski definition) is 3. The van der Waals surface area contributed by atoms with E-state index in [9.17, 15) is 9.59 Å². The van der Waals surface area contributed by atoms with Gasteiger partial charge in [-0.15, -0.1) is 0 Å². The van der Waals surface area contributed by atoms with Crippen molar-refractivity contribution in [3.8, 4) is 0 Å². The summed E-state index contributed by atoms with van der Waals surface area (Å²) >= 11 is 0. The molecule has 28 heavy (non-hydrogen) atoms. The maximum Gasteiger partial charge on any atom is 0.239 e. The number of rotatable bonds is 8. The van der Waals surface area contributed by atoms with Crippen molar-refractivity contribution in [1.82, 2.24) is 15.6 Å². The third-order valence-electron chi connectivity index (χ3n) is 4.48. The standard InChI is InChI=1S/C23H23N3O2/c27-22(26-17-23(28)25-16-18-11-13-24-14-12-18)15-21(19-7-3-1-4-8-19)20-9-5-2-6-10-20/h1-14,21H,15-17H2,(H,25,28)(H,26,27). The van der Waals surface area contributed by atoms with E-state index in [1.54, 1.807) is 12.4 Å². The van der Waals surface area contributed by atoms with Crippen LogP contribution in [-0.4, -0.2) is 23.3 Å². The van der Waals surface area contributed by atoms with Gasteiger partial charge in [-0.25, -0.2) is 0 Å². The molecule has 0 aliphatic heterocycles. The monoisotopic (exact) mass is 373 g/mol. The molecule has 0 aliphatic carbocycles. The molecule has 2 N–H and O–H groups in total. The molecule has 0 bridgehead atoms. The van der Waals surface area contributed by atoms with Crippen molar-refractivity contribution in [2.45, 2.75) is 18.9 Å². The summed E-state index contributed by atoms with van der Waals surface area (Å²) in [7, 11) is 0. The number of hydrogen-bond donors (Lipinski definition) is 2. The predicted molar refractivity (Wildman–Crippen MR) is 108 cm³/mol. The van der Waals surface area contributed by atoms with Gasteiger partial charge in [-0.1, -0.05) is 60.7 Å². The summed E-state index contributed by atoms with van der Waals surface area (Å²) in [5.41, 5.74) is 3.11. The first-order chi connectivity index (χ1) is 13.7. The number of amides is 2. The van der Waals surface area contributed by atoms with Gasteiger partial charge >= 0.3 is 0 Å². The second kappa shape index (κ2) is 10.0. The summed E-state index contributed by atoms with van der Waals surface area (Å²) in [6.07, 6.45) is 3.64. The number of nitrogens with one attached hydrogen (secondary N) is 2. The molecule has 0 unspecified atom stereocenters. The lowest BCUT2D eigenvalue weighted by Crippen LogP contribution is -2.37. The molecule has 0 atom stereocenters. The molecular weight excluding hydrogens is 350 g/mol. The fourth-order valence-electron chi connectivity index (χ4n) is 3.00. The minimum absolute atomic E-state index is 0.0415. The average molecular weight is 373 g/mol. The highest BCUT2D eigenvalue weighted by atomic mass is 16.2. The highest BCUT2D eigenvalue weighted by Crippen LogP contribution is 2.27. The van der Waals surface area contributed by atoms with Crippen LogP contribution < -0.4 is 10.6 Å². The Morgan fingerprint density at radius 2 is 1.32 bits per heavy atom. The Bertz CT molecular complexity index is 844. The zero-order valence-electron chi connectivity index (χ0n) is 15.5. The number of carbonyl (C=O) groups is 2. The predicted octanol–water partition coefficient (Wildman–Crippen LogP) is 3.04. The van der Waals surface area contributed by atoms with Crippen molar-refractivity contribution in [2.75, 3.05) is 6.54 Å². The topological polar surface area (TPSA) is 71.1 Å². The molecule has 3 rings (SSSR count). The first-order valence-corrected chi connectivity index (χ1v) is 9.24. The highest BCUT2D eigenvalue weighted by Gasteiger charge is 2.18. The Hall–Kier alpha value is -3.47. The fraction of sp³-hybridized carbons (Fsp3) is 0.174. The van der Waals surface area contributed by atoms with Crippen LogP contribution in [0.4, 0.5) is 0 Å². The molecule has 5 heteroatoms. The minimum atomic E-state index is -0.221. The number of pyridine rings is 1. The van der Waals surface area contributed by atoms with Crippen molar-refractivity contribution in [3.63, 3.8) is 0 Å². The minimum Gasteiger partial charge on any atom is -0.350 e. The summed E-state index contributed by atoms with van der Waals surface area (Å²) in [5, 5.41) is 5.51. The number of aromatic nitrogens is 1. The lowest BCUT2D eigenvalue weighted by molar-refractivity contribution is -0.126. The smallest absolute Gasteiger partial charge is 0.239 e. The SMILES string of the molecule is O=C(CNC(=O)CC(c1ccccc1)c1ccccc1)NCc1ccncc1. The van der Waals surface area contributed by atoms with Crippen LogP contribution in [0.5, 0.6) is 0 Å². The maximum absolute atomic E-state index is 12.5. The van der Waals surface area contributed by atoms with Crippen LogP contribution in [0.25, 0.3) is 0 Å². The molecule has 3 aromatic rings. The van der Waals surface area contributed by atoms with E-state index in [-0.39, 0.29) is 30.7 Å². The van der Waals surface area contributed by atoms with E-state index in [2.05, 4.69) is 15.6 Å². The molecule has 0 saturated carbocycles. The van der Waals surface area contributed by atoms with E-state index in [1.165, 1.54) is 0 Å². The molecule has 0 spiro atoms. The van der Waals surface area contributed by atoms with Gasteiger partial charge in [0, 0.05) is 31.3 Å². The third kappa shape index (κ3) is 5.77. The van der Waals surface area contributed by atoms with Gasteiger partial charge in [-0.3, -0.25) is 14.6 Å². The van der Waals surface area contributed by atoms with Crippen molar-refractivity contribution in [2.24, 2.45) is 0 Å². The summed E-state index contributed by atoms with van der Waals surface area (Å²) in [4.78, 5) is 28.4. The van der Waals surface area contributed by atoms with E-state index in [0.29, 0.717) is 6.54 Å². The lowest BCUT2D eigenvalue weighted by Gasteiger charge is -2.18. The second-order valence-electron chi connectivity index (χ2n) is 6.49. The van der Waals surface area contributed by atoms with Crippen molar-refractivity contribution in [1.29, 1.82) is 0 Å². The van der Waals surface area contributed by atoms with Gasteiger partial charge in [0.05, 0.1) is 6.54 Å². The van der Waals surface area contributed by atoms with Gasteiger partial charge in [0.2, 0.25) is 11.8 Å². The molecule has 0 saturated heterocycles. The van der Waals surface area contributed by atoms with Crippen LogP contribution >= 0.6 is 0 Å². The molecule has 2 aromatic carbocycles. The number of nitrogens with zero attached hydrogens (tertiary/aromatic N) is 1. The van der Waals surface area contributed by atoms with Crippen LogP contribution in [0.1, 0.15) is 29.0 Å². The zero-order valence-corrected chi connectivity index (χ0v) is 15.5. The van der Waals surface area contributed by atoms with E-state index < -0.39 is 0 Å². The zero-order chi connectivity index (χ0) is 19.6. The molecule has 1 heterocycles. The molecule has 142 valence electrons. The fourth-order valence-corrected chi connectivity index (χ4v) is 3.00. The van der Waals surface area contributed by atoms with Gasteiger partial charge in [-0.2, -0.15) is 0 Å². The molecule has 0 fully saturated rings. The van der Waals surface area contributed by atoms with Crippen LogP contribution in [0.3, 0.4) is 0 Å². The Morgan fingerprint density at radius 1 is 0.750 bits per heavy atom. The van der Waals surface area contributed by atoms with Gasteiger partial charge in [0.15, 0.2) is 0 Å². The quantitative estimate of drug-likeness (QED) is 0.638. The van der Waals surface area contributed by atoms with Gasteiger partial charge < -0.3 is 10.6 Å². The molecule has 0 radical (unpaired) electrons. The van der Waals surface area contributed by atoms with Crippen molar-refractivity contribution in [3.05, 3.63) is 102 Å². The molecular formula is C23H23N3O2. The summed E-state index contributed by atoms with van der Waals surface area (Å²) in [5.74, 6) is -0.430. The van der Waals surface area contributed by atoms with E-state index in [1.807, 2.05) is 72.8 Å². The van der Waals surface area contributed by atoms with Gasteiger partial charge in [-0.05, 0) is 28.8 Å². The van der Waals surface area contributed by atoms with Crippen LogP contribution in [-0.2, 0) is 16.1 Å². The van der Waals surface area contributed by atoms with E-state index in [0.717, 1.165) is 16.7 Å². The van der Waals surface area contributed by atoms with E-state index in [4.69, 9.17) is 0 Å². The maximum atomic E-state index is 12.5. The van der Waals surface area contributed by atoms with Crippen molar-refractivity contribution >= 4 is 11.8 Å². The van der Waals surface area contributed by atoms with Gasteiger partial charge in [0.25, 0.3) is 0 Å².